The first-order chi connectivity index (χ1) is 18.7. The van der Waals surface area contributed by atoms with Crippen LogP contribution in [0.1, 0.15) is 28.8 Å². The number of benzene rings is 3. The minimum atomic E-state index is -2.74. The van der Waals surface area contributed by atoms with Gasteiger partial charge in [0, 0.05) is 24.0 Å². The van der Waals surface area contributed by atoms with Crippen LogP contribution in [0.25, 0.3) is 0 Å². The first-order valence-corrected chi connectivity index (χ1v) is 13.0. The lowest BCUT2D eigenvalue weighted by molar-refractivity contribution is -0.191. The Kier molecular flexibility index (Phi) is 8.82. The molecular weight excluding hydrogens is 573 g/mol. The second-order valence-electron chi connectivity index (χ2n) is 8.88. The molecule has 0 radical (unpaired) electrons. The molecule has 39 heavy (non-hydrogen) atoms. The Morgan fingerprint density at radius 2 is 1.67 bits per heavy atom. The number of hydrogen-bond donors (Lipinski definition) is 3. The Balaban J connectivity index is 1.50. The highest BCUT2D eigenvalue weighted by Crippen LogP contribution is 2.32. The number of halogens is 2. The molecule has 0 aliphatic carbocycles. The minimum Gasteiger partial charge on any atom is -0.495 e. The smallest absolute Gasteiger partial charge is 0.371 e. The number of carboxylic acids is 1. The molecule has 3 N–H and O–H groups in total. The predicted molar refractivity (Wildman–Crippen MR) is 147 cm³/mol. The molecule has 1 aliphatic rings. The fourth-order valence-corrected chi connectivity index (χ4v) is 4.59. The number of methoxy groups -OCH3 is 1. The summed E-state index contributed by atoms with van der Waals surface area (Å²) >= 11 is 3.37. The number of aromatic carboxylic acids is 1. The van der Waals surface area contributed by atoms with Gasteiger partial charge in [-0.15, -0.1) is 0 Å². The Morgan fingerprint density at radius 1 is 1.00 bits per heavy atom. The SMILES string of the molecule is COc1cc(CC(=O)C(F)(Oc2ccc(C(=O)O)cc2)N2CCCC2)ccc1NC(=O)Nc1ccccc1Br. The molecule has 1 unspecified atom stereocenters. The van der Waals surface area contributed by atoms with Crippen LogP contribution in [-0.4, -0.2) is 54.0 Å². The number of alkyl halides is 1. The zero-order valence-corrected chi connectivity index (χ0v) is 22.7. The number of carbonyl (C=O) groups is 3. The number of likely N-dealkylation sites (tertiary alicyclic amines) is 1. The van der Waals surface area contributed by atoms with Crippen molar-refractivity contribution in [1.29, 1.82) is 0 Å². The van der Waals surface area contributed by atoms with Crippen molar-refractivity contribution in [2.75, 3.05) is 30.8 Å². The van der Waals surface area contributed by atoms with Crippen molar-refractivity contribution >= 4 is 45.1 Å². The van der Waals surface area contributed by atoms with Gasteiger partial charge in [-0.3, -0.25) is 4.79 Å². The van der Waals surface area contributed by atoms with Gasteiger partial charge in [-0.25, -0.2) is 14.5 Å². The molecule has 0 bridgehead atoms. The Bertz CT molecular complexity index is 1360. The Hall–Kier alpha value is -3.96. The van der Waals surface area contributed by atoms with E-state index in [2.05, 4.69) is 26.6 Å². The molecule has 11 heteroatoms. The maximum absolute atomic E-state index is 16.3. The predicted octanol–water partition coefficient (Wildman–Crippen LogP) is 5.71. The van der Waals surface area contributed by atoms with Crippen LogP contribution in [0.3, 0.4) is 0 Å². The third-order valence-corrected chi connectivity index (χ3v) is 6.90. The van der Waals surface area contributed by atoms with Gasteiger partial charge in [0.15, 0.2) is 0 Å². The summed E-state index contributed by atoms with van der Waals surface area (Å²) in [5, 5.41) is 14.5. The van der Waals surface area contributed by atoms with Crippen LogP contribution >= 0.6 is 15.9 Å². The number of nitrogens with zero attached hydrogens (tertiary/aromatic N) is 1. The van der Waals surface area contributed by atoms with E-state index in [-0.39, 0.29) is 17.7 Å². The van der Waals surface area contributed by atoms with Gasteiger partial charge >= 0.3 is 18.0 Å². The normalized spacial score (nSPS) is 14.7. The van der Waals surface area contributed by atoms with Gasteiger partial charge in [0.25, 0.3) is 0 Å². The van der Waals surface area contributed by atoms with Crippen molar-refractivity contribution in [2.45, 2.75) is 25.2 Å². The van der Waals surface area contributed by atoms with Crippen molar-refractivity contribution in [1.82, 2.24) is 4.90 Å². The molecule has 1 saturated heterocycles. The highest BCUT2D eigenvalue weighted by Gasteiger charge is 2.48. The van der Waals surface area contributed by atoms with E-state index in [9.17, 15) is 14.4 Å². The maximum atomic E-state index is 16.3. The molecular formula is C28H27BrFN3O6. The second kappa shape index (κ2) is 12.3. The number of para-hydroxylation sites is 1. The number of rotatable bonds is 10. The molecule has 1 fully saturated rings. The average Bonchev–Trinajstić information content (AvgIpc) is 3.47. The fraction of sp³-hybridized carbons (Fsp3) is 0.250. The lowest BCUT2D eigenvalue weighted by Crippen LogP contribution is -2.55. The maximum Gasteiger partial charge on any atom is 0.371 e. The molecule has 1 aliphatic heterocycles. The van der Waals surface area contributed by atoms with Crippen LogP contribution in [-0.2, 0) is 11.2 Å². The summed E-state index contributed by atoms with van der Waals surface area (Å²) in [6.45, 7) is 0.683. The van der Waals surface area contributed by atoms with Gasteiger partial charge in [-0.1, -0.05) is 18.2 Å². The molecule has 1 heterocycles. The highest BCUT2D eigenvalue weighted by molar-refractivity contribution is 9.10. The molecule has 204 valence electrons. The van der Waals surface area contributed by atoms with Crippen LogP contribution in [0, 0.1) is 0 Å². The number of amides is 2. The van der Waals surface area contributed by atoms with Crippen molar-refractivity contribution in [2.24, 2.45) is 0 Å². The fourth-order valence-electron chi connectivity index (χ4n) is 4.21. The first-order valence-electron chi connectivity index (χ1n) is 12.2. The molecule has 9 nitrogen and oxygen atoms in total. The number of ketones is 1. The molecule has 0 saturated carbocycles. The van der Waals surface area contributed by atoms with Crippen LogP contribution in [0.2, 0.25) is 0 Å². The summed E-state index contributed by atoms with van der Waals surface area (Å²) in [6.07, 6.45) is 1.13. The lowest BCUT2D eigenvalue weighted by atomic mass is 10.1. The van der Waals surface area contributed by atoms with Crippen LogP contribution < -0.4 is 20.1 Å². The van der Waals surface area contributed by atoms with E-state index in [0.717, 1.165) is 12.8 Å². The van der Waals surface area contributed by atoms with Gasteiger partial charge < -0.3 is 25.2 Å². The van der Waals surface area contributed by atoms with Gasteiger partial charge in [0.2, 0.25) is 5.78 Å². The molecule has 4 rings (SSSR count). The van der Waals surface area contributed by atoms with Crippen molar-refractivity contribution in [3.8, 4) is 11.5 Å². The zero-order valence-electron chi connectivity index (χ0n) is 21.1. The standard InChI is InChI=1S/C28H27BrFN3O6/c1-38-24-16-18(8-13-23(24)32-27(37)31-22-7-3-2-6-21(22)29)17-25(34)28(30,33-14-4-5-15-33)39-20-11-9-19(10-12-20)26(35)36/h2-3,6-13,16H,4-5,14-15,17H2,1H3,(H,35,36)(H2,31,32,37). The number of urea groups is 1. The topological polar surface area (TPSA) is 117 Å². The van der Waals surface area contributed by atoms with Gasteiger partial charge in [0.1, 0.15) is 11.5 Å². The summed E-state index contributed by atoms with van der Waals surface area (Å²) in [4.78, 5) is 38.3. The van der Waals surface area contributed by atoms with E-state index in [1.54, 1.807) is 36.4 Å². The quantitative estimate of drug-likeness (QED) is 0.255. The highest BCUT2D eigenvalue weighted by atomic mass is 79.9. The van der Waals surface area contributed by atoms with E-state index in [0.29, 0.717) is 40.2 Å². The Labute approximate surface area is 233 Å². The molecule has 0 spiro atoms. The number of carbonyl (C=O) groups excluding carboxylic acids is 2. The third-order valence-electron chi connectivity index (χ3n) is 6.21. The van der Waals surface area contributed by atoms with E-state index < -0.39 is 23.8 Å². The van der Waals surface area contributed by atoms with E-state index in [4.69, 9.17) is 14.6 Å². The van der Waals surface area contributed by atoms with Crippen molar-refractivity contribution in [3.63, 3.8) is 0 Å². The van der Waals surface area contributed by atoms with E-state index >= 15 is 4.39 Å². The third kappa shape index (κ3) is 6.73. The average molecular weight is 600 g/mol. The minimum absolute atomic E-state index is 0.0187. The summed E-state index contributed by atoms with van der Waals surface area (Å²) in [5.74, 6) is -4.36. The molecule has 3 aromatic rings. The van der Waals surface area contributed by atoms with Gasteiger partial charge in [-0.2, -0.15) is 4.39 Å². The largest absolute Gasteiger partial charge is 0.495 e. The van der Waals surface area contributed by atoms with E-state index in [1.807, 2.05) is 6.07 Å². The van der Waals surface area contributed by atoms with Crippen LogP contribution in [0.4, 0.5) is 20.6 Å². The number of anilines is 2. The van der Waals surface area contributed by atoms with Crippen molar-refractivity contribution in [3.05, 3.63) is 82.3 Å². The van der Waals surface area contributed by atoms with Crippen LogP contribution in [0.5, 0.6) is 11.5 Å². The molecule has 2 amide bonds. The second-order valence-corrected chi connectivity index (χ2v) is 9.73. The first kappa shape index (κ1) is 28.1. The van der Waals surface area contributed by atoms with Gasteiger partial charge in [-0.05, 0) is 82.9 Å². The lowest BCUT2D eigenvalue weighted by Gasteiger charge is -2.33. The number of nitrogens with one attached hydrogen (secondary N) is 2. The van der Waals surface area contributed by atoms with Crippen molar-refractivity contribution < 1.29 is 33.4 Å². The Morgan fingerprint density at radius 3 is 2.31 bits per heavy atom. The summed E-state index contributed by atoms with van der Waals surface area (Å²) < 4.78 is 28.0. The zero-order chi connectivity index (χ0) is 28.0. The summed E-state index contributed by atoms with van der Waals surface area (Å²) in [5.41, 5.74) is 1.42. The van der Waals surface area contributed by atoms with Crippen LogP contribution in [0.15, 0.2) is 71.2 Å². The molecule has 3 aromatic carbocycles. The number of Topliss-reactive ketones (excluding diaryl/α,β-unsaturated/α-hetero) is 1. The number of carboxylic acid groups (broad SMARTS) is 1. The molecule has 1 atom stereocenters. The molecule has 0 aromatic heterocycles. The number of hydrogen-bond acceptors (Lipinski definition) is 6. The number of ether oxygens (including phenoxy) is 2. The summed E-state index contributed by atoms with van der Waals surface area (Å²) in [6, 6.07) is 16.6. The van der Waals surface area contributed by atoms with Gasteiger partial charge in [0.05, 0.1) is 24.0 Å². The summed E-state index contributed by atoms with van der Waals surface area (Å²) in [7, 11) is 1.42. The van der Waals surface area contributed by atoms with E-state index in [1.165, 1.54) is 36.3 Å². The monoisotopic (exact) mass is 599 g/mol.